The van der Waals surface area contributed by atoms with Gasteiger partial charge in [0.05, 0.1) is 12.1 Å². The average Bonchev–Trinajstić information content (AvgIpc) is 3.22. The van der Waals surface area contributed by atoms with Crippen molar-refractivity contribution in [2.24, 2.45) is 0 Å². The van der Waals surface area contributed by atoms with Crippen LogP contribution in [0.2, 0.25) is 0 Å². The molecule has 0 atom stereocenters. The van der Waals surface area contributed by atoms with Crippen LogP contribution in [0.1, 0.15) is 42.5 Å². The Kier molecular flexibility index (Phi) is 7.39. The van der Waals surface area contributed by atoms with Crippen molar-refractivity contribution in [3.05, 3.63) is 40.5 Å². The first kappa shape index (κ1) is 21.7. The fourth-order valence-corrected chi connectivity index (χ4v) is 3.84. The molecule has 0 aliphatic heterocycles. The van der Waals surface area contributed by atoms with Gasteiger partial charge in [-0.05, 0) is 58.2 Å². The monoisotopic (exact) mass is 405 g/mol. The van der Waals surface area contributed by atoms with Crippen LogP contribution in [-0.4, -0.2) is 53.0 Å². The number of hydrogen-bond donors (Lipinski definition) is 1. The van der Waals surface area contributed by atoms with Gasteiger partial charge in [0.1, 0.15) is 5.00 Å². The van der Waals surface area contributed by atoms with Gasteiger partial charge in [-0.1, -0.05) is 0 Å². The van der Waals surface area contributed by atoms with Crippen molar-refractivity contribution in [2.45, 2.75) is 40.7 Å². The first-order valence-corrected chi connectivity index (χ1v) is 10.1. The zero-order valence-electron chi connectivity index (χ0n) is 16.9. The van der Waals surface area contributed by atoms with E-state index in [1.54, 1.807) is 13.0 Å². The molecule has 1 N–H and O–H groups in total. The average molecular weight is 406 g/mol. The SMILES string of the molecule is CCN(CC(=O)NC(C)C)C(=O)COC(=O)c1ccsc1-n1c(C)ccc1C. The minimum atomic E-state index is -0.556. The lowest BCUT2D eigenvalue weighted by Crippen LogP contribution is -2.44. The van der Waals surface area contributed by atoms with E-state index in [0.29, 0.717) is 12.1 Å². The van der Waals surface area contributed by atoms with Gasteiger partial charge in [0, 0.05) is 24.0 Å². The molecule has 0 aromatic carbocycles. The Bertz CT molecular complexity index is 834. The maximum absolute atomic E-state index is 12.5. The largest absolute Gasteiger partial charge is 0.452 e. The smallest absolute Gasteiger partial charge is 0.341 e. The molecule has 2 aromatic rings. The van der Waals surface area contributed by atoms with Gasteiger partial charge >= 0.3 is 5.97 Å². The van der Waals surface area contributed by atoms with Gasteiger partial charge in [0.15, 0.2) is 6.61 Å². The molecule has 0 radical (unpaired) electrons. The molecule has 2 rings (SSSR count). The third-order valence-corrected chi connectivity index (χ3v) is 5.08. The number of nitrogens with one attached hydrogen (secondary N) is 1. The normalized spacial score (nSPS) is 10.8. The second kappa shape index (κ2) is 9.54. The Morgan fingerprint density at radius 1 is 1.18 bits per heavy atom. The molecule has 0 bridgehead atoms. The van der Waals surface area contributed by atoms with E-state index >= 15 is 0 Å². The van der Waals surface area contributed by atoms with E-state index in [-0.39, 0.29) is 18.5 Å². The van der Waals surface area contributed by atoms with Crippen LogP contribution in [0.15, 0.2) is 23.6 Å². The standard InChI is InChI=1S/C20H27N3O4S/c1-6-22(11-17(24)21-13(2)3)18(25)12-27-20(26)16-9-10-28-19(16)23-14(4)7-8-15(23)5/h7-10,13H,6,11-12H2,1-5H3,(H,21,24). The van der Waals surface area contributed by atoms with E-state index in [4.69, 9.17) is 4.74 Å². The summed E-state index contributed by atoms with van der Waals surface area (Å²) in [7, 11) is 0. The van der Waals surface area contributed by atoms with Gasteiger partial charge in [0.25, 0.3) is 5.91 Å². The van der Waals surface area contributed by atoms with Crippen molar-refractivity contribution >= 4 is 29.1 Å². The first-order chi connectivity index (χ1) is 13.2. The summed E-state index contributed by atoms with van der Waals surface area (Å²) in [5.74, 6) is -1.20. The van der Waals surface area contributed by atoms with E-state index in [0.717, 1.165) is 16.4 Å². The summed E-state index contributed by atoms with van der Waals surface area (Å²) in [5, 5.41) is 5.33. The number of carbonyl (C=O) groups is 3. The molecular formula is C20H27N3O4S. The maximum atomic E-state index is 12.5. The van der Waals surface area contributed by atoms with Crippen LogP contribution < -0.4 is 5.32 Å². The predicted octanol–water partition coefficient (Wildman–Crippen LogP) is 2.69. The van der Waals surface area contributed by atoms with Crippen molar-refractivity contribution in [1.29, 1.82) is 0 Å². The number of thiophene rings is 1. The van der Waals surface area contributed by atoms with Gasteiger partial charge in [0.2, 0.25) is 5.91 Å². The Hall–Kier alpha value is -2.61. The molecule has 2 heterocycles. The lowest BCUT2D eigenvalue weighted by Gasteiger charge is -2.21. The van der Waals surface area contributed by atoms with Gasteiger partial charge in [-0.2, -0.15) is 0 Å². The number of aryl methyl sites for hydroxylation is 2. The molecule has 0 spiro atoms. The second-order valence-electron chi connectivity index (χ2n) is 6.80. The molecule has 152 valence electrons. The van der Waals surface area contributed by atoms with E-state index in [2.05, 4.69) is 5.32 Å². The van der Waals surface area contributed by atoms with E-state index in [9.17, 15) is 14.4 Å². The summed E-state index contributed by atoms with van der Waals surface area (Å²) in [6.07, 6.45) is 0. The van der Waals surface area contributed by atoms with Crippen molar-refractivity contribution < 1.29 is 19.1 Å². The van der Waals surface area contributed by atoms with Crippen LogP contribution in [-0.2, 0) is 14.3 Å². The Labute approximate surface area is 169 Å². The molecule has 0 aliphatic rings. The molecule has 28 heavy (non-hydrogen) atoms. The molecule has 0 saturated heterocycles. The van der Waals surface area contributed by atoms with E-state index in [1.807, 2.05) is 49.8 Å². The zero-order valence-corrected chi connectivity index (χ0v) is 17.8. The minimum Gasteiger partial charge on any atom is -0.452 e. The molecule has 0 fully saturated rings. The number of nitrogens with zero attached hydrogens (tertiary/aromatic N) is 2. The van der Waals surface area contributed by atoms with Crippen molar-refractivity contribution in [3.8, 4) is 5.00 Å². The van der Waals surface area contributed by atoms with Crippen LogP contribution in [0.25, 0.3) is 5.00 Å². The van der Waals surface area contributed by atoms with Crippen molar-refractivity contribution in [1.82, 2.24) is 14.8 Å². The Morgan fingerprint density at radius 2 is 1.82 bits per heavy atom. The zero-order chi connectivity index (χ0) is 20.8. The lowest BCUT2D eigenvalue weighted by atomic mass is 10.3. The number of esters is 1. The number of ether oxygens (including phenoxy) is 1. The van der Waals surface area contributed by atoms with Crippen molar-refractivity contribution in [3.63, 3.8) is 0 Å². The highest BCUT2D eigenvalue weighted by Gasteiger charge is 2.21. The molecule has 0 saturated carbocycles. The molecule has 7 nitrogen and oxygen atoms in total. The number of rotatable bonds is 8. The van der Waals surface area contributed by atoms with E-state index < -0.39 is 18.5 Å². The number of aromatic nitrogens is 1. The topological polar surface area (TPSA) is 80.6 Å². The quantitative estimate of drug-likeness (QED) is 0.685. The molecule has 2 aromatic heterocycles. The number of likely N-dealkylation sites (N-methyl/N-ethyl adjacent to an activating group) is 1. The van der Waals surface area contributed by atoms with Crippen LogP contribution >= 0.6 is 11.3 Å². The molecule has 2 amide bonds. The highest BCUT2D eigenvalue weighted by atomic mass is 32.1. The number of carbonyl (C=O) groups excluding carboxylic acids is 3. The summed E-state index contributed by atoms with van der Waals surface area (Å²) < 4.78 is 7.23. The first-order valence-electron chi connectivity index (χ1n) is 9.21. The summed E-state index contributed by atoms with van der Waals surface area (Å²) in [4.78, 5) is 38.1. The summed E-state index contributed by atoms with van der Waals surface area (Å²) in [6.45, 7) is 9.30. The molecule has 0 aliphatic carbocycles. The number of hydrogen-bond acceptors (Lipinski definition) is 5. The van der Waals surface area contributed by atoms with Crippen LogP contribution in [0.5, 0.6) is 0 Å². The Balaban J connectivity index is 2.02. The van der Waals surface area contributed by atoms with Crippen LogP contribution in [0, 0.1) is 13.8 Å². The van der Waals surface area contributed by atoms with Gasteiger partial charge in [-0.3, -0.25) is 9.59 Å². The third kappa shape index (κ3) is 5.22. The van der Waals surface area contributed by atoms with Crippen LogP contribution in [0.3, 0.4) is 0 Å². The molecule has 8 heteroatoms. The summed E-state index contributed by atoms with van der Waals surface area (Å²) in [5.41, 5.74) is 2.44. The molecule has 0 unspecified atom stereocenters. The fourth-order valence-electron chi connectivity index (χ4n) is 2.83. The predicted molar refractivity (Wildman–Crippen MR) is 109 cm³/mol. The Morgan fingerprint density at radius 3 is 2.39 bits per heavy atom. The highest BCUT2D eigenvalue weighted by molar-refractivity contribution is 7.13. The summed E-state index contributed by atoms with van der Waals surface area (Å²) >= 11 is 1.44. The third-order valence-electron chi connectivity index (χ3n) is 4.18. The van der Waals surface area contributed by atoms with Crippen molar-refractivity contribution in [2.75, 3.05) is 19.7 Å². The number of amides is 2. The minimum absolute atomic E-state index is 0.00301. The van der Waals surface area contributed by atoms with Gasteiger partial charge < -0.3 is 19.5 Å². The van der Waals surface area contributed by atoms with Gasteiger partial charge in [-0.25, -0.2) is 4.79 Å². The lowest BCUT2D eigenvalue weighted by molar-refractivity contribution is -0.138. The maximum Gasteiger partial charge on any atom is 0.341 e. The fraction of sp³-hybridized carbons (Fsp3) is 0.450. The molecular weight excluding hydrogens is 378 g/mol. The van der Waals surface area contributed by atoms with E-state index in [1.165, 1.54) is 16.2 Å². The van der Waals surface area contributed by atoms with Gasteiger partial charge in [-0.15, -0.1) is 11.3 Å². The highest BCUT2D eigenvalue weighted by Crippen LogP contribution is 2.26. The summed E-state index contributed by atoms with van der Waals surface area (Å²) in [6, 6.07) is 5.65. The second-order valence-corrected chi connectivity index (χ2v) is 7.69. The van der Waals surface area contributed by atoms with Crippen LogP contribution in [0.4, 0.5) is 0 Å².